The molecule has 3 aromatic rings. The van der Waals surface area contributed by atoms with Crippen LogP contribution in [0, 0.1) is 10.1 Å². The number of nitrogens with zero attached hydrogens (tertiary/aromatic N) is 2. The molecule has 0 bridgehead atoms. The first kappa shape index (κ1) is 15.5. The third-order valence-electron chi connectivity index (χ3n) is 3.52. The lowest BCUT2D eigenvalue weighted by atomic mass is 10.1. The lowest BCUT2D eigenvalue weighted by Crippen LogP contribution is -2.25. The fourth-order valence-electron chi connectivity index (χ4n) is 2.34. The van der Waals surface area contributed by atoms with Gasteiger partial charge in [0, 0.05) is 24.6 Å². The van der Waals surface area contributed by atoms with E-state index >= 15 is 0 Å². The van der Waals surface area contributed by atoms with E-state index in [1.807, 2.05) is 24.3 Å². The van der Waals surface area contributed by atoms with Gasteiger partial charge in [-0.1, -0.05) is 12.1 Å². The van der Waals surface area contributed by atoms with Crippen LogP contribution >= 0.6 is 0 Å². The molecule has 0 atom stereocenters. The SMILES string of the molecule is O=C(NCCc1nc2ccccc2[nH]1)c1ccc([N+](=O)[O-])c(O)c1. The summed E-state index contributed by atoms with van der Waals surface area (Å²) in [6.45, 7) is 0.344. The van der Waals surface area contributed by atoms with E-state index in [1.54, 1.807) is 0 Å². The number of aromatic amines is 1. The molecule has 0 radical (unpaired) electrons. The number of nitro groups is 1. The van der Waals surface area contributed by atoms with E-state index in [-0.39, 0.29) is 5.56 Å². The number of benzene rings is 2. The van der Waals surface area contributed by atoms with E-state index in [9.17, 15) is 20.0 Å². The first-order valence-corrected chi connectivity index (χ1v) is 7.24. The maximum Gasteiger partial charge on any atom is 0.310 e. The average molecular weight is 326 g/mol. The molecule has 24 heavy (non-hydrogen) atoms. The number of imidazole rings is 1. The monoisotopic (exact) mass is 326 g/mol. The topological polar surface area (TPSA) is 121 Å². The van der Waals surface area contributed by atoms with Gasteiger partial charge in [-0.15, -0.1) is 0 Å². The Balaban J connectivity index is 1.61. The van der Waals surface area contributed by atoms with Gasteiger partial charge in [-0.3, -0.25) is 14.9 Å². The number of carbonyl (C=O) groups is 1. The highest BCUT2D eigenvalue weighted by molar-refractivity contribution is 5.95. The number of nitro benzene ring substituents is 1. The minimum absolute atomic E-state index is 0.155. The van der Waals surface area contributed by atoms with Gasteiger partial charge in [0.1, 0.15) is 5.82 Å². The molecular formula is C16H14N4O4. The van der Waals surface area contributed by atoms with E-state index < -0.39 is 22.3 Å². The molecule has 1 heterocycles. The van der Waals surface area contributed by atoms with Crippen molar-refractivity contribution in [3.63, 3.8) is 0 Å². The highest BCUT2D eigenvalue weighted by Gasteiger charge is 2.15. The zero-order valence-corrected chi connectivity index (χ0v) is 12.5. The Morgan fingerprint density at radius 1 is 1.29 bits per heavy atom. The van der Waals surface area contributed by atoms with Crippen LogP contribution in [-0.2, 0) is 6.42 Å². The minimum atomic E-state index is -0.710. The number of aromatic hydroxyl groups is 1. The van der Waals surface area contributed by atoms with Gasteiger partial charge in [-0.05, 0) is 24.3 Å². The first-order valence-electron chi connectivity index (χ1n) is 7.24. The summed E-state index contributed by atoms with van der Waals surface area (Å²) >= 11 is 0. The molecule has 1 amide bonds. The van der Waals surface area contributed by atoms with Crippen LogP contribution in [-0.4, -0.2) is 32.4 Å². The molecule has 3 N–H and O–H groups in total. The zero-order valence-electron chi connectivity index (χ0n) is 12.5. The Morgan fingerprint density at radius 2 is 2.08 bits per heavy atom. The molecule has 0 unspecified atom stereocenters. The van der Waals surface area contributed by atoms with Crippen LogP contribution in [0.15, 0.2) is 42.5 Å². The van der Waals surface area contributed by atoms with Crippen LogP contribution in [0.1, 0.15) is 16.2 Å². The van der Waals surface area contributed by atoms with Gasteiger partial charge in [-0.2, -0.15) is 0 Å². The van der Waals surface area contributed by atoms with E-state index in [1.165, 1.54) is 6.07 Å². The van der Waals surface area contributed by atoms with Gasteiger partial charge < -0.3 is 15.4 Å². The van der Waals surface area contributed by atoms with Crippen molar-refractivity contribution in [1.82, 2.24) is 15.3 Å². The molecule has 2 aromatic carbocycles. The summed E-state index contributed by atoms with van der Waals surface area (Å²) in [7, 11) is 0. The molecule has 8 heteroatoms. The summed E-state index contributed by atoms with van der Waals surface area (Å²) in [5.41, 5.74) is 1.51. The van der Waals surface area contributed by atoms with Crippen LogP contribution in [0.2, 0.25) is 0 Å². The van der Waals surface area contributed by atoms with Crippen molar-refractivity contribution >= 4 is 22.6 Å². The second kappa shape index (κ2) is 6.37. The van der Waals surface area contributed by atoms with Crippen LogP contribution in [0.25, 0.3) is 11.0 Å². The molecule has 0 saturated heterocycles. The summed E-state index contributed by atoms with van der Waals surface area (Å²) in [5, 5.41) is 22.9. The van der Waals surface area contributed by atoms with E-state index in [0.29, 0.717) is 13.0 Å². The maximum absolute atomic E-state index is 12.0. The summed E-state index contributed by atoms with van der Waals surface area (Å²) < 4.78 is 0. The zero-order chi connectivity index (χ0) is 17.1. The van der Waals surface area contributed by atoms with Crippen LogP contribution in [0.3, 0.4) is 0 Å². The van der Waals surface area contributed by atoms with E-state index in [4.69, 9.17) is 0 Å². The molecule has 0 aliphatic rings. The molecule has 8 nitrogen and oxygen atoms in total. The fourth-order valence-corrected chi connectivity index (χ4v) is 2.34. The second-order valence-electron chi connectivity index (χ2n) is 5.17. The number of hydrogen-bond acceptors (Lipinski definition) is 5. The lowest BCUT2D eigenvalue weighted by Gasteiger charge is -2.04. The number of hydrogen-bond donors (Lipinski definition) is 3. The highest BCUT2D eigenvalue weighted by Crippen LogP contribution is 2.26. The van der Waals surface area contributed by atoms with Crippen molar-refractivity contribution < 1.29 is 14.8 Å². The number of phenols is 1. The number of nitrogens with one attached hydrogen (secondary N) is 2. The number of carbonyl (C=O) groups excluding carboxylic acids is 1. The summed E-state index contributed by atoms with van der Waals surface area (Å²) in [6, 6.07) is 11.1. The van der Waals surface area contributed by atoms with Crippen molar-refractivity contribution in [1.29, 1.82) is 0 Å². The van der Waals surface area contributed by atoms with Crippen molar-refractivity contribution in [2.24, 2.45) is 0 Å². The number of rotatable bonds is 5. The molecule has 0 spiro atoms. The second-order valence-corrected chi connectivity index (χ2v) is 5.17. The maximum atomic E-state index is 12.0. The predicted molar refractivity (Wildman–Crippen MR) is 86.9 cm³/mol. The summed E-state index contributed by atoms with van der Waals surface area (Å²) in [6.07, 6.45) is 0.513. The smallest absolute Gasteiger partial charge is 0.310 e. The standard InChI is InChI=1S/C16H14N4O4/c21-14-9-10(5-6-13(14)20(23)24)16(22)17-8-7-15-18-11-3-1-2-4-12(11)19-15/h1-6,9,21H,7-8H2,(H,17,22)(H,18,19). The Morgan fingerprint density at radius 3 is 2.79 bits per heavy atom. The van der Waals surface area contributed by atoms with Gasteiger partial charge in [0.05, 0.1) is 16.0 Å². The number of para-hydroxylation sites is 2. The Kier molecular flexibility index (Phi) is 4.11. The molecule has 1 aromatic heterocycles. The quantitative estimate of drug-likeness (QED) is 0.490. The molecule has 0 fully saturated rings. The summed E-state index contributed by atoms with van der Waals surface area (Å²) in [4.78, 5) is 29.5. The number of H-pyrrole nitrogens is 1. The van der Waals surface area contributed by atoms with Crippen molar-refractivity contribution in [2.75, 3.05) is 6.54 Å². The van der Waals surface area contributed by atoms with E-state index in [0.717, 1.165) is 29.0 Å². The Bertz CT molecular complexity index is 886. The largest absolute Gasteiger partial charge is 0.502 e. The Labute approximate surface area is 136 Å². The van der Waals surface area contributed by atoms with Crippen LogP contribution < -0.4 is 5.32 Å². The summed E-state index contributed by atoms with van der Waals surface area (Å²) in [5.74, 6) is -0.204. The van der Waals surface area contributed by atoms with Crippen LogP contribution in [0.5, 0.6) is 5.75 Å². The van der Waals surface area contributed by atoms with Gasteiger partial charge in [0.2, 0.25) is 0 Å². The molecule has 122 valence electrons. The highest BCUT2D eigenvalue weighted by atomic mass is 16.6. The van der Waals surface area contributed by atoms with Crippen molar-refractivity contribution in [2.45, 2.75) is 6.42 Å². The Hall–Kier alpha value is -3.42. The fraction of sp³-hybridized carbons (Fsp3) is 0.125. The number of amides is 1. The van der Waals surface area contributed by atoms with Crippen molar-refractivity contribution in [3.8, 4) is 5.75 Å². The number of fused-ring (bicyclic) bond motifs is 1. The van der Waals surface area contributed by atoms with E-state index in [2.05, 4.69) is 15.3 Å². The average Bonchev–Trinajstić information content (AvgIpc) is 2.97. The molecule has 0 aliphatic carbocycles. The predicted octanol–water partition coefficient (Wildman–Crippen LogP) is 2.15. The number of phenolic OH excluding ortho intramolecular Hbond substituents is 1. The number of aromatic nitrogens is 2. The third kappa shape index (κ3) is 3.17. The van der Waals surface area contributed by atoms with Gasteiger partial charge in [0.15, 0.2) is 5.75 Å². The molecule has 3 rings (SSSR count). The first-order chi connectivity index (χ1) is 11.5. The van der Waals surface area contributed by atoms with Crippen molar-refractivity contribution in [3.05, 3.63) is 64.0 Å². The van der Waals surface area contributed by atoms with Gasteiger partial charge in [-0.25, -0.2) is 4.98 Å². The minimum Gasteiger partial charge on any atom is -0.502 e. The van der Waals surface area contributed by atoms with Gasteiger partial charge in [0.25, 0.3) is 5.91 Å². The molecule has 0 aliphatic heterocycles. The molecule has 0 saturated carbocycles. The lowest BCUT2D eigenvalue weighted by molar-refractivity contribution is -0.385. The third-order valence-corrected chi connectivity index (χ3v) is 3.52. The molecular weight excluding hydrogens is 312 g/mol. The van der Waals surface area contributed by atoms with Crippen LogP contribution in [0.4, 0.5) is 5.69 Å². The normalized spacial score (nSPS) is 10.7. The van der Waals surface area contributed by atoms with Gasteiger partial charge >= 0.3 is 5.69 Å².